The van der Waals surface area contributed by atoms with Gasteiger partial charge in [0.1, 0.15) is 16.9 Å². The van der Waals surface area contributed by atoms with Crippen molar-refractivity contribution in [1.82, 2.24) is 14.4 Å². The van der Waals surface area contributed by atoms with Gasteiger partial charge in [0.25, 0.3) is 0 Å². The maximum absolute atomic E-state index is 10.5. The number of halogens is 1. The summed E-state index contributed by atoms with van der Waals surface area (Å²) in [5, 5.41) is 8.78. The van der Waals surface area contributed by atoms with Gasteiger partial charge in [-0.15, -0.1) is 0 Å². The van der Waals surface area contributed by atoms with Gasteiger partial charge < -0.3 is 0 Å². The number of nitrogens with zero attached hydrogens (tertiary/aromatic N) is 4. The summed E-state index contributed by atoms with van der Waals surface area (Å²) in [5.41, 5.74) is 0.475. The first-order valence-corrected chi connectivity index (χ1v) is 4.03. The molecular weight excluding hydrogens is 204 g/mol. The summed E-state index contributed by atoms with van der Waals surface area (Å²) in [7, 11) is 0. The van der Waals surface area contributed by atoms with Crippen molar-refractivity contribution in [1.29, 1.82) is 5.26 Å². The van der Waals surface area contributed by atoms with Crippen molar-refractivity contribution >= 4 is 23.7 Å². The van der Waals surface area contributed by atoms with Crippen LogP contribution >= 0.6 is 11.6 Å². The van der Waals surface area contributed by atoms with E-state index in [0.717, 1.165) is 0 Å². The first kappa shape index (κ1) is 8.66. The number of nitriles is 1. The van der Waals surface area contributed by atoms with Gasteiger partial charge >= 0.3 is 0 Å². The van der Waals surface area contributed by atoms with Crippen molar-refractivity contribution in [2.24, 2.45) is 0 Å². The number of fused-ring (bicyclic) bond motifs is 1. The van der Waals surface area contributed by atoms with E-state index in [-0.39, 0.29) is 10.8 Å². The lowest BCUT2D eigenvalue weighted by molar-refractivity contribution is 0.111. The summed E-state index contributed by atoms with van der Waals surface area (Å²) < 4.78 is 1.39. The monoisotopic (exact) mass is 206 g/mol. The molecule has 0 saturated carbocycles. The summed E-state index contributed by atoms with van der Waals surface area (Å²) in [6, 6.07) is 1.92. The molecule has 0 aliphatic carbocycles. The fourth-order valence-electron chi connectivity index (χ4n) is 1.06. The Labute approximate surface area is 83.6 Å². The molecule has 0 aromatic carbocycles. The molecule has 0 fully saturated rings. The predicted molar refractivity (Wildman–Crippen MR) is 48.1 cm³/mol. The third-order valence-corrected chi connectivity index (χ3v) is 2.06. The predicted octanol–water partition coefficient (Wildman–Crippen LogP) is 1.07. The third-order valence-electron chi connectivity index (χ3n) is 1.69. The van der Waals surface area contributed by atoms with E-state index < -0.39 is 0 Å². The van der Waals surface area contributed by atoms with Gasteiger partial charge in [0.2, 0.25) is 5.78 Å². The Morgan fingerprint density at radius 3 is 3.07 bits per heavy atom. The van der Waals surface area contributed by atoms with E-state index >= 15 is 0 Å². The molecule has 0 saturated heterocycles. The maximum atomic E-state index is 10.5. The maximum Gasteiger partial charge on any atom is 0.235 e. The summed E-state index contributed by atoms with van der Waals surface area (Å²) in [6.07, 6.45) is 3.39. The SMILES string of the molecule is N#Cc1cnc2nc(C=O)c(Cl)n2c1. The summed E-state index contributed by atoms with van der Waals surface area (Å²) >= 11 is 5.81. The Hall–Kier alpha value is -1.93. The Kier molecular flexibility index (Phi) is 1.91. The Balaban J connectivity index is 2.82. The second-order valence-electron chi connectivity index (χ2n) is 2.53. The Morgan fingerprint density at radius 2 is 2.43 bits per heavy atom. The number of aldehydes is 1. The van der Waals surface area contributed by atoms with Crippen LogP contribution < -0.4 is 0 Å². The molecule has 2 aromatic rings. The van der Waals surface area contributed by atoms with Crippen LogP contribution in [0.1, 0.15) is 16.1 Å². The van der Waals surface area contributed by atoms with E-state index in [1.54, 1.807) is 0 Å². The van der Waals surface area contributed by atoms with Gasteiger partial charge in [-0.25, -0.2) is 9.97 Å². The van der Waals surface area contributed by atoms with Gasteiger partial charge in [0.05, 0.1) is 11.8 Å². The zero-order valence-electron chi connectivity index (χ0n) is 6.81. The van der Waals surface area contributed by atoms with Crippen LogP contribution in [-0.4, -0.2) is 20.7 Å². The minimum Gasteiger partial charge on any atom is -0.296 e. The van der Waals surface area contributed by atoms with Crippen LogP contribution in [-0.2, 0) is 0 Å². The largest absolute Gasteiger partial charge is 0.296 e. The van der Waals surface area contributed by atoms with E-state index in [1.165, 1.54) is 16.8 Å². The Bertz CT molecular complexity index is 554. The number of carbonyl (C=O) groups excluding carboxylic acids is 1. The molecule has 0 atom stereocenters. The van der Waals surface area contributed by atoms with Crippen molar-refractivity contribution in [3.8, 4) is 6.07 Å². The zero-order valence-corrected chi connectivity index (χ0v) is 7.56. The zero-order chi connectivity index (χ0) is 10.1. The lowest BCUT2D eigenvalue weighted by Gasteiger charge is -1.93. The minimum atomic E-state index is 0.120. The van der Waals surface area contributed by atoms with Gasteiger partial charge in [-0.1, -0.05) is 11.6 Å². The molecule has 14 heavy (non-hydrogen) atoms. The number of carbonyl (C=O) groups is 1. The average Bonchev–Trinajstić information content (AvgIpc) is 2.55. The molecule has 0 bridgehead atoms. The second kappa shape index (κ2) is 3.09. The highest BCUT2D eigenvalue weighted by Gasteiger charge is 2.10. The van der Waals surface area contributed by atoms with E-state index in [0.29, 0.717) is 17.6 Å². The van der Waals surface area contributed by atoms with E-state index in [1.807, 2.05) is 6.07 Å². The van der Waals surface area contributed by atoms with Crippen LogP contribution in [0, 0.1) is 11.3 Å². The van der Waals surface area contributed by atoms with Gasteiger partial charge in [0, 0.05) is 6.20 Å². The van der Waals surface area contributed by atoms with Crippen LogP contribution in [0.4, 0.5) is 0 Å². The van der Waals surface area contributed by atoms with Crippen LogP contribution in [0.2, 0.25) is 5.15 Å². The highest BCUT2D eigenvalue weighted by atomic mass is 35.5. The van der Waals surface area contributed by atoms with Crippen molar-refractivity contribution in [3.63, 3.8) is 0 Å². The fourth-order valence-corrected chi connectivity index (χ4v) is 1.27. The van der Waals surface area contributed by atoms with Crippen LogP contribution in [0.15, 0.2) is 12.4 Å². The number of rotatable bonds is 1. The first-order valence-electron chi connectivity index (χ1n) is 3.65. The average molecular weight is 207 g/mol. The highest BCUT2D eigenvalue weighted by Crippen LogP contribution is 2.15. The molecule has 0 unspecified atom stereocenters. The summed E-state index contributed by atoms with van der Waals surface area (Å²) in [5.74, 6) is 0.302. The molecule has 68 valence electrons. The summed E-state index contributed by atoms with van der Waals surface area (Å²) in [6.45, 7) is 0. The molecule has 0 aliphatic rings. The van der Waals surface area contributed by atoms with E-state index in [2.05, 4.69) is 9.97 Å². The van der Waals surface area contributed by atoms with E-state index in [4.69, 9.17) is 16.9 Å². The molecule has 0 spiro atoms. The molecule has 0 aliphatic heterocycles. The topological polar surface area (TPSA) is 71.0 Å². The molecule has 0 amide bonds. The van der Waals surface area contributed by atoms with Crippen molar-refractivity contribution < 1.29 is 4.79 Å². The van der Waals surface area contributed by atoms with Gasteiger partial charge in [-0.3, -0.25) is 9.20 Å². The molecule has 5 nitrogen and oxygen atoms in total. The smallest absolute Gasteiger partial charge is 0.235 e. The van der Waals surface area contributed by atoms with Crippen molar-refractivity contribution in [2.45, 2.75) is 0 Å². The van der Waals surface area contributed by atoms with Crippen LogP contribution in [0.3, 0.4) is 0 Å². The number of imidazole rings is 1. The summed E-state index contributed by atoms with van der Waals surface area (Å²) in [4.78, 5) is 18.2. The van der Waals surface area contributed by atoms with Gasteiger partial charge in [0.15, 0.2) is 6.29 Å². The second-order valence-corrected chi connectivity index (χ2v) is 2.89. The molecule has 2 rings (SSSR count). The van der Waals surface area contributed by atoms with E-state index in [9.17, 15) is 4.79 Å². The third kappa shape index (κ3) is 1.13. The quantitative estimate of drug-likeness (QED) is 0.655. The van der Waals surface area contributed by atoms with Gasteiger partial charge in [-0.05, 0) is 0 Å². The van der Waals surface area contributed by atoms with Crippen molar-refractivity contribution in [2.75, 3.05) is 0 Å². The van der Waals surface area contributed by atoms with Crippen LogP contribution in [0.5, 0.6) is 0 Å². The number of hydrogen-bond acceptors (Lipinski definition) is 4. The Morgan fingerprint density at radius 1 is 1.64 bits per heavy atom. The molecule has 0 N–H and O–H groups in total. The molecular formula is C8H3ClN4O. The first-order chi connectivity index (χ1) is 6.76. The molecule has 6 heteroatoms. The lowest BCUT2D eigenvalue weighted by atomic mass is 10.4. The molecule has 0 radical (unpaired) electrons. The van der Waals surface area contributed by atoms with Crippen LogP contribution in [0.25, 0.3) is 5.78 Å². The highest BCUT2D eigenvalue weighted by molar-refractivity contribution is 6.32. The molecule has 2 aromatic heterocycles. The number of hydrogen-bond donors (Lipinski definition) is 0. The fraction of sp³-hybridized carbons (Fsp3) is 0. The lowest BCUT2D eigenvalue weighted by Crippen LogP contribution is -1.89. The van der Waals surface area contributed by atoms with Crippen molar-refractivity contribution in [3.05, 3.63) is 28.8 Å². The molecule has 2 heterocycles. The minimum absolute atomic E-state index is 0.120. The normalized spacial score (nSPS) is 10.0. The van der Waals surface area contributed by atoms with Gasteiger partial charge in [-0.2, -0.15) is 5.26 Å². The number of aromatic nitrogens is 3. The standard InChI is InChI=1S/C8H3ClN4O/c9-7-6(4-14)12-8-11-2-5(1-10)3-13(7)8/h2-4H.